The maximum atomic E-state index is 9.71. The van der Waals surface area contributed by atoms with E-state index < -0.39 is 0 Å². The molecule has 0 unspecified atom stereocenters. The molecule has 0 bridgehead atoms. The third-order valence-corrected chi connectivity index (χ3v) is 4.96. The van der Waals surface area contributed by atoms with Crippen LogP contribution in [0.5, 0.6) is 5.75 Å². The minimum atomic E-state index is 0.118. The van der Waals surface area contributed by atoms with E-state index >= 15 is 0 Å². The van der Waals surface area contributed by atoms with Gasteiger partial charge in [-0.05, 0) is 55.0 Å². The van der Waals surface area contributed by atoms with E-state index in [1.807, 2.05) is 30.3 Å². The number of aromatic hydroxyl groups is 1. The van der Waals surface area contributed by atoms with Crippen molar-refractivity contribution >= 4 is 32.9 Å². The molecular formula is C20H15N3OS. The van der Waals surface area contributed by atoms with Crippen LogP contribution in [0.3, 0.4) is 0 Å². The summed E-state index contributed by atoms with van der Waals surface area (Å²) < 4.78 is 1.19. The van der Waals surface area contributed by atoms with Gasteiger partial charge in [0.05, 0.1) is 15.9 Å². The van der Waals surface area contributed by atoms with Crippen molar-refractivity contribution in [1.82, 2.24) is 4.98 Å². The third kappa shape index (κ3) is 3.14. The molecule has 0 amide bonds. The van der Waals surface area contributed by atoms with E-state index in [0.717, 1.165) is 21.8 Å². The number of hydrogen-bond acceptors (Lipinski definition) is 5. The highest BCUT2D eigenvalue weighted by Gasteiger charge is 2.07. The van der Waals surface area contributed by atoms with Gasteiger partial charge in [-0.2, -0.15) is 5.11 Å². The van der Waals surface area contributed by atoms with Gasteiger partial charge in [0.25, 0.3) is 0 Å². The second-order valence-electron chi connectivity index (χ2n) is 5.68. The maximum Gasteiger partial charge on any atom is 0.143 e. The fourth-order valence-corrected chi connectivity index (χ4v) is 3.59. The van der Waals surface area contributed by atoms with E-state index in [0.29, 0.717) is 5.69 Å². The topological polar surface area (TPSA) is 57.8 Å². The molecule has 0 aliphatic carbocycles. The fourth-order valence-electron chi connectivity index (χ4n) is 2.54. The molecule has 122 valence electrons. The Bertz CT molecular complexity index is 1070. The first-order chi connectivity index (χ1) is 12.2. The van der Waals surface area contributed by atoms with Crippen molar-refractivity contribution in [2.45, 2.75) is 6.92 Å². The zero-order valence-corrected chi connectivity index (χ0v) is 14.4. The van der Waals surface area contributed by atoms with Crippen molar-refractivity contribution in [2.24, 2.45) is 10.2 Å². The summed E-state index contributed by atoms with van der Waals surface area (Å²) >= 11 is 1.68. The summed E-state index contributed by atoms with van der Waals surface area (Å²) in [5.41, 5.74) is 4.48. The molecule has 4 aromatic rings. The maximum absolute atomic E-state index is 9.71. The van der Waals surface area contributed by atoms with Gasteiger partial charge in [0.15, 0.2) is 0 Å². The molecule has 0 radical (unpaired) electrons. The largest absolute Gasteiger partial charge is 0.506 e. The van der Waals surface area contributed by atoms with Crippen LogP contribution in [0.2, 0.25) is 0 Å². The number of aromatic nitrogens is 1. The second-order valence-corrected chi connectivity index (χ2v) is 6.71. The van der Waals surface area contributed by atoms with E-state index in [-0.39, 0.29) is 5.75 Å². The monoisotopic (exact) mass is 345 g/mol. The van der Waals surface area contributed by atoms with Crippen molar-refractivity contribution in [3.8, 4) is 16.3 Å². The lowest BCUT2D eigenvalue weighted by Gasteiger charge is -1.98. The SMILES string of the molecule is Cc1cccc2sc(-c3ccc(N=Nc4ccccc4O)cc3)nc12. The molecule has 1 N–H and O–H groups in total. The lowest BCUT2D eigenvalue weighted by atomic mass is 10.2. The van der Waals surface area contributed by atoms with Gasteiger partial charge in [0, 0.05) is 5.56 Å². The summed E-state index contributed by atoms with van der Waals surface area (Å²) in [7, 11) is 0. The lowest BCUT2D eigenvalue weighted by molar-refractivity contribution is 0.476. The highest BCUT2D eigenvalue weighted by molar-refractivity contribution is 7.21. The smallest absolute Gasteiger partial charge is 0.143 e. The first-order valence-corrected chi connectivity index (χ1v) is 8.69. The van der Waals surface area contributed by atoms with Crippen molar-refractivity contribution in [3.63, 3.8) is 0 Å². The van der Waals surface area contributed by atoms with E-state index in [1.165, 1.54) is 10.3 Å². The average Bonchev–Trinajstić information content (AvgIpc) is 3.07. The number of fused-ring (bicyclic) bond motifs is 1. The van der Waals surface area contributed by atoms with Crippen LogP contribution < -0.4 is 0 Å². The van der Waals surface area contributed by atoms with Gasteiger partial charge < -0.3 is 5.11 Å². The lowest BCUT2D eigenvalue weighted by Crippen LogP contribution is -1.77. The predicted molar refractivity (Wildman–Crippen MR) is 102 cm³/mol. The number of phenolic OH excluding ortho intramolecular Hbond substituents is 1. The average molecular weight is 345 g/mol. The highest BCUT2D eigenvalue weighted by Crippen LogP contribution is 2.33. The fraction of sp³-hybridized carbons (Fsp3) is 0.0500. The first kappa shape index (κ1) is 15.5. The Kier molecular flexibility index (Phi) is 3.99. The molecule has 1 heterocycles. The standard InChI is InChI=1S/C20H15N3OS/c1-13-5-4-8-18-19(13)21-20(25-18)14-9-11-15(12-10-14)22-23-16-6-2-3-7-17(16)24/h2-12,24H,1H3. The van der Waals surface area contributed by atoms with Crippen molar-refractivity contribution in [3.05, 3.63) is 72.3 Å². The van der Waals surface area contributed by atoms with Gasteiger partial charge >= 0.3 is 0 Å². The van der Waals surface area contributed by atoms with Crippen molar-refractivity contribution in [2.75, 3.05) is 0 Å². The Morgan fingerprint density at radius 1 is 0.880 bits per heavy atom. The van der Waals surface area contributed by atoms with Crippen LogP contribution in [0.15, 0.2) is 77.0 Å². The van der Waals surface area contributed by atoms with E-state index in [9.17, 15) is 5.11 Å². The second kappa shape index (κ2) is 6.45. The first-order valence-electron chi connectivity index (χ1n) is 7.87. The highest BCUT2D eigenvalue weighted by atomic mass is 32.1. The van der Waals surface area contributed by atoms with Gasteiger partial charge in [-0.25, -0.2) is 4.98 Å². The van der Waals surface area contributed by atoms with E-state index in [1.54, 1.807) is 29.5 Å². The number of hydrogen-bond donors (Lipinski definition) is 1. The van der Waals surface area contributed by atoms with Crippen LogP contribution in [-0.4, -0.2) is 10.1 Å². The van der Waals surface area contributed by atoms with Crippen LogP contribution in [0.25, 0.3) is 20.8 Å². The zero-order valence-electron chi connectivity index (χ0n) is 13.5. The minimum absolute atomic E-state index is 0.118. The summed E-state index contributed by atoms with van der Waals surface area (Å²) in [5, 5.41) is 19.0. The normalized spacial score (nSPS) is 11.4. The number of aryl methyl sites for hydroxylation is 1. The van der Waals surface area contributed by atoms with E-state index in [2.05, 4.69) is 35.4 Å². The molecular weight excluding hydrogens is 330 g/mol. The number of para-hydroxylation sites is 2. The molecule has 0 fully saturated rings. The summed E-state index contributed by atoms with van der Waals surface area (Å²) in [6, 6.07) is 20.9. The van der Waals surface area contributed by atoms with Crippen LogP contribution in [0.1, 0.15) is 5.56 Å². The number of rotatable bonds is 3. The summed E-state index contributed by atoms with van der Waals surface area (Å²) in [5.74, 6) is 0.118. The molecule has 5 heteroatoms. The summed E-state index contributed by atoms with van der Waals surface area (Å²) in [6.45, 7) is 2.08. The van der Waals surface area contributed by atoms with Crippen LogP contribution >= 0.6 is 11.3 Å². The molecule has 0 spiro atoms. The van der Waals surface area contributed by atoms with E-state index in [4.69, 9.17) is 4.98 Å². The van der Waals surface area contributed by atoms with Gasteiger partial charge in [0.1, 0.15) is 16.4 Å². The Morgan fingerprint density at radius 2 is 1.68 bits per heavy atom. The van der Waals surface area contributed by atoms with Gasteiger partial charge in [0.2, 0.25) is 0 Å². The molecule has 1 aromatic heterocycles. The number of thiazole rings is 1. The Labute approximate surface area is 149 Å². The molecule has 0 aliphatic heterocycles. The predicted octanol–water partition coefficient (Wildman–Crippen LogP) is 6.39. The number of phenols is 1. The van der Waals surface area contributed by atoms with Gasteiger partial charge in [-0.1, -0.05) is 24.3 Å². The molecule has 3 aromatic carbocycles. The molecule has 4 rings (SSSR count). The zero-order chi connectivity index (χ0) is 17.2. The van der Waals surface area contributed by atoms with Crippen LogP contribution in [0, 0.1) is 6.92 Å². The molecule has 0 aliphatic rings. The van der Waals surface area contributed by atoms with Gasteiger partial charge in [-0.15, -0.1) is 16.5 Å². The number of azo groups is 1. The Balaban J connectivity index is 1.61. The van der Waals surface area contributed by atoms with Gasteiger partial charge in [-0.3, -0.25) is 0 Å². The molecule has 25 heavy (non-hydrogen) atoms. The molecule has 0 saturated heterocycles. The quantitative estimate of drug-likeness (QED) is 0.437. The molecule has 0 saturated carbocycles. The van der Waals surface area contributed by atoms with Crippen LogP contribution in [0.4, 0.5) is 11.4 Å². The van der Waals surface area contributed by atoms with Crippen LogP contribution in [-0.2, 0) is 0 Å². The number of nitrogens with zero attached hydrogens (tertiary/aromatic N) is 3. The minimum Gasteiger partial charge on any atom is -0.506 e. The Morgan fingerprint density at radius 3 is 2.44 bits per heavy atom. The summed E-state index contributed by atoms with van der Waals surface area (Å²) in [4.78, 5) is 4.75. The third-order valence-electron chi connectivity index (χ3n) is 3.89. The molecule has 0 atom stereocenters. The summed E-state index contributed by atoms with van der Waals surface area (Å²) in [6.07, 6.45) is 0. The molecule has 4 nitrogen and oxygen atoms in total. The Hall–Kier alpha value is -3.05. The van der Waals surface area contributed by atoms with Crippen molar-refractivity contribution < 1.29 is 5.11 Å². The van der Waals surface area contributed by atoms with Crippen molar-refractivity contribution in [1.29, 1.82) is 0 Å². The number of benzene rings is 3.